The number of amides is 1. The largest absolute Gasteiger partial charge is 0.478 e. The molecule has 3 N–H and O–H groups in total. The van der Waals surface area contributed by atoms with E-state index in [4.69, 9.17) is 9.52 Å². The minimum Gasteiger partial charge on any atom is -0.478 e. The van der Waals surface area contributed by atoms with Crippen molar-refractivity contribution in [2.45, 2.75) is 0 Å². The zero-order valence-corrected chi connectivity index (χ0v) is 13.5. The van der Waals surface area contributed by atoms with E-state index >= 15 is 0 Å². The van der Waals surface area contributed by atoms with Crippen molar-refractivity contribution in [3.8, 4) is 0 Å². The third-order valence-corrected chi connectivity index (χ3v) is 3.95. The number of fused-ring (bicyclic) bond motifs is 2. The van der Waals surface area contributed by atoms with Crippen LogP contribution in [0.15, 0.2) is 65.1 Å². The Morgan fingerprint density at radius 1 is 1.04 bits per heavy atom. The third kappa shape index (κ3) is 3.08. The lowest BCUT2D eigenvalue weighted by Gasteiger charge is -2.03. The van der Waals surface area contributed by atoms with Gasteiger partial charge in [-0.1, -0.05) is 18.2 Å². The molecule has 0 saturated carbocycles. The normalized spacial score (nSPS) is 11.4. The van der Waals surface area contributed by atoms with Crippen LogP contribution < -0.4 is 5.32 Å². The lowest BCUT2D eigenvalue weighted by atomic mass is 10.2. The second-order valence-electron chi connectivity index (χ2n) is 5.80. The number of hydrogen-bond donors (Lipinski definition) is 3. The van der Waals surface area contributed by atoms with Crippen LogP contribution in [0.3, 0.4) is 0 Å². The molecule has 4 rings (SSSR count). The topological polar surface area (TPSA) is 95.3 Å². The first-order valence-electron chi connectivity index (χ1n) is 7.92. The minimum atomic E-state index is -1.01. The van der Waals surface area contributed by atoms with Crippen LogP contribution in [0.25, 0.3) is 27.9 Å². The second kappa shape index (κ2) is 6.25. The van der Waals surface area contributed by atoms with Crippen molar-refractivity contribution in [3.63, 3.8) is 0 Å². The quantitative estimate of drug-likeness (QED) is 0.481. The predicted octanol–water partition coefficient (Wildman–Crippen LogP) is 4.26. The number of carbonyl (C=O) groups is 2. The number of aliphatic carboxylic acids is 1. The molecule has 0 unspecified atom stereocenters. The Bertz CT molecular complexity index is 1130. The highest BCUT2D eigenvalue weighted by Gasteiger charge is 2.12. The van der Waals surface area contributed by atoms with E-state index in [1.54, 1.807) is 12.1 Å². The molecule has 0 bridgehead atoms. The molecule has 0 fully saturated rings. The molecule has 0 aliphatic rings. The lowest BCUT2D eigenvalue weighted by Crippen LogP contribution is -2.10. The second-order valence-corrected chi connectivity index (χ2v) is 5.80. The maximum Gasteiger partial charge on any atom is 0.328 e. The van der Waals surface area contributed by atoms with Gasteiger partial charge in [-0.3, -0.25) is 4.79 Å². The number of furan rings is 1. The van der Waals surface area contributed by atoms with Crippen molar-refractivity contribution in [1.29, 1.82) is 0 Å². The summed E-state index contributed by atoms with van der Waals surface area (Å²) in [5.74, 6) is -1.10. The fourth-order valence-electron chi connectivity index (χ4n) is 2.77. The predicted molar refractivity (Wildman–Crippen MR) is 99.1 cm³/mol. The van der Waals surface area contributed by atoms with Crippen molar-refractivity contribution in [2.24, 2.45) is 0 Å². The van der Waals surface area contributed by atoms with E-state index in [9.17, 15) is 9.59 Å². The number of anilines is 1. The van der Waals surface area contributed by atoms with E-state index in [0.29, 0.717) is 17.0 Å². The average Bonchev–Trinajstić information content (AvgIpc) is 3.23. The number of carboxylic acids is 1. The first-order chi connectivity index (χ1) is 12.6. The van der Waals surface area contributed by atoms with E-state index in [1.165, 1.54) is 6.08 Å². The summed E-state index contributed by atoms with van der Waals surface area (Å²) in [6.45, 7) is 0. The summed E-state index contributed by atoms with van der Waals surface area (Å²) >= 11 is 0. The first-order valence-corrected chi connectivity index (χ1v) is 7.92. The van der Waals surface area contributed by atoms with Crippen LogP contribution in [-0.2, 0) is 4.79 Å². The molecule has 0 atom stereocenters. The van der Waals surface area contributed by atoms with Gasteiger partial charge in [-0.05, 0) is 42.5 Å². The maximum absolute atomic E-state index is 12.4. The molecule has 0 radical (unpaired) electrons. The van der Waals surface area contributed by atoms with Gasteiger partial charge in [-0.15, -0.1) is 0 Å². The minimum absolute atomic E-state index is 0.241. The first kappa shape index (κ1) is 15.7. The molecule has 4 aromatic rings. The van der Waals surface area contributed by atoms with Crippen molar-refractivity contribution < 1.29 is 19.1 Å². The summed E-state index contributed by atoms with van der Waals surface area (Å²) in [7, 11) is 0. The molecule has 6 heteroatoms. The van der Waals surface area contributed by atoms with Crippen molar-refractivity contribution in [3.05, 3.63) is 72.1 Å². The van der Waals surface area contributed by atoms with Gasteiger partial charge in [0.25, 0.3) is 5.91 Å². The molecular weight excluding hydrogens is 332 g/mol. The van der Waals surface area contributed by atoms with Crippen molar-refractivity contribution in [1.82, 2.24) is 4.98 Å². The van der Waals surface area contributed by atoms with Gasteiger partial charge in [-0.2, -0.15) is 0 Å². The number of hydrogen-bond acceptors (Lipinski definition) is 3. The van der Waals surface area contributed by atoms with Crippen molar-refractivity contribution in [2.75, 3.05) is 5.32 Å². The molecule has 2 aromatic carbocycles. The molecule has 26 heavy (non-hydrogen) atoms. The average molecular weight is 346 g/mol. The number of nitrogens with one attached hydrogen (secondary N) is 2. The number of aromatic nitrogens is 1. The van der Waals surface area contributed by atoms with Gasteiger partial charge in [0.2, 0.25) is 0 Å². The van der Waals surface area contributed by atoms with Crippen LogP contribution in [-0.4, -0.2) is 22.0 Å². The van der Waals surface area contributed by atoms with Gasteiger partial charge in [0, 0.05) is 33.7 Å². The maximum atomic E-state index is 12.4. The number of aromatic amines is 1. The fourth-order valence-corrected chi connectivity index (χ4v) is 2.77. The summed E-state index contributed by atoms with van der Waals surface area (Å²) < 4.78 is 5.57. The van der Waals surface area contributed by atoms with Crippen molar-refractivity contribution >= 4 is 45.5 Å². The Morgan fingerprint density at radius 2 is 1.88 bits per heavy atom. The summed E-state index contributed by atoms with van der Waals surface area (Å²) in [4.78, 5) is 26.1. The number of rotatable bonds is 4. The fraction of sp³-hybridized carbons (Fsp3) is 0. The van der Waals surface area contributed by atoms with Gasteiger partial charge in [-0.25, -0.2) is 4.79 Å². The van der Waals surface area contributed by atoms with Gasteiger partial charge < -0.3 is 19.8 Å². The SMILES string of the molecule is O=C(O)/C=C/c1cc2cc(NC(=O)c3cc4ccccc4o3)ccc2[nH]1. The highest BCUT2D eigenvalue weighted by Crippen LogP contribution is 2.23. The van der Waals surface area contributed by atoms with Crippen LogP contribution in [0.2, 0.25) is 0 Å². The zero-order valence-electron chi connectivity index (χ0n) is 13.5. The Balaban J connectivity index is 1.58. The standard InChI is InChI=1S/C20H14N2O4/c23-19(24)8-6-14-9-13-10-15(5-7-16(13)21-14)22-20(25)18-11-12-3-1-2-4-17(12)26-18/h1-11,21H,(H,22,25)(H,23,24)/b8-6+. The van der Waals surface area contributed by atoms with Crippen LogP contribution in [0.4, 0.5) is 5.69 Å². The van der Waals surface area contributed by atoms with Crippen LogP contribution in [0.1, 0.15) is 16.2 Å². The molecule has 128 valence electrons. The smallest absolute Gasteiger partial charge is 0.328 e. The van der Waals surface area contributed by atoms with E-state index in [0.717, 1.165) is 22.4 Å². The molecular formula is C20H14N2O4. The van der Waals surface area contributed by atoms with Gasteiger partial charge in [0.05, 0.1) is 0 Å². The molecule has 2 heterocycles. The number of benzene rings is 2. The monoisotopic (exact) mass is 346 g/mol. The molecule has 1 amide bonds. The number of carboxylic acid groups (broad SMARTS) is 1. The van der Waals surface area contributed by atoms with Crippen LogP contribution in [0.5, 0.6) is 0 Å². The Morgan fingerprint density at radius 3 is 2.69 bits per heavy atom. The highest BCUT2D eigenvalue weighted by molar-refractivity contribution is 6.05. The number of H-pyrrole nitrogens is 1. The summed E-state index contributed by atoms with van der Waals surface area (Å²) in [5.41, 5.74) is 2.80. The zero-order chi connectivity index (χ0) is 18.1. The molecule has 2 aromatic heterocycles. The molecule has 6 nitrogen and oxygen atoms in total. The van der Waals surface area contributed by atoms with E-state index < -0.39 is 5.97 Å². The van der Waals surface area contributed by atoms with Gasteiger partial charge in [0.1, 0.15) is 5.58 Å². The Labute approximate surface area is 147 Å². The molecule has 0 aliphatic heterocycles. The van der Waals surface area contributed by atoms with Crippen LogP contribution in [0, 0.1) is 0 Å². The van der Waals surface area contributed by atoms with Crippen LogP contribution >= 0.6 is 0 Å². The van der Waals surface area contributed by atoms with E-state index in [1.807, 2.05) is 42.5 Å². The molecule has 0 saturated heterocycles. The Hall–Kier alpha value is -3.80. The summed E-state index contributed by atoms with van der Waals surface area (Å²) in [6.07, 6.45) is 2.55. The van der Waals surface area contributed by atoms with E-state index in [-0.39, 0.29) is 11.7 Å². The molecule has 0 aliphatic carbocycles. The number of para-hydroxylation sites is 1. The summed E-state index contributed by atoms with van der Waals surface area (Å²) in [6, 6.07) is 16.3. The third-order valence-electron chi connectivity index (χ3n) is 3.95. The lowest BCUT2D eigenvalue weighted by molar-refractivity contribution is -0.131. The van der Waals surface area contributed by atoms with E-state index in [2.05, 4.69) is 10.3 Å². The highest BCUT2D eigenvalue weighted by atomic mass is 16.4. The van der Waals surface area contributed by atoms with Gasteiger partial charge >= 0.3 is 5.97 Å². The Kier molecular flexibility index (Phi) is 3.78. The molecule has 0 spiro atoms. The number of carbonyl (C=O) groups excluding carboxylic acids is 1. The van der Waals surface area contributed by atoms with Gasteiger partial charge in [0.15, 0.2) is 5.76 Å². The summed E-state index contributed by atoms with van der Waals surface area (Å²) in [5, 5.41) is 13.2.